The number of likely N-dealkylation sites (tertiary alicyclic amines) is 1. The van der Waals surface area contributed by atoms with Gasteiger partial charge in [-0.15, -0.1) is 0 Å². The van der Waals surface area contributed by atoms with Gasteiger partial charge in [0.1, 0.15) is 11.3 Å². The molecule has 4 rings (SSSR count). The van der Waals surface area contributed by atoms with Crippen LogP contribution in [0.15, 0.2) is 30.5 Å². The molecule has 1 aromatic carbocycles. The normalized spacial score (nSPS) is 26.4. The Kier molecular flexibility index (Phi) is 4.72. The molecule has 1 amide bonds. The molecule has 2 fully saturated rings. The van der Waals surface area contributed by atoms with Gasteiger partial charge in [-0.1, -0.05) is 18.2 Å². The first-order chi connectivity index (χ1) is 13.6. The molecule has 1 aliphatic carbocycles. The summed E-state index contributed by atoms with van der Waals surface area (Å²) in [5, 5.41) is 18.8. The van der Waals surface area contributed by atoms with Gasteiger partial charge < -0.3 is 10.0 Å². The summed E-state index contributed by atoms with van der Waals surface area (Å²) < 4.78 is 27.3. The van der Waals surface area contributed by atoms with Crippen LogP contribution in [0.4, 0.5) is 8.78 Å². The number of carbonyl (C=O) groups excluding carboxylic acids is 1. The molecule has 156 valence electrons. The number of aliphatic hydroxyl groups is 1. The molecule has 0 bridgehead atoms. The molecule has 1 aliphatic heterocycles. The first-order valence-electron chi connectivity index (χ1n) is 10.0. The van der Waals surface area contributed by atoms with E-state index in [-0.39, 0.29) is 24.4 Å². The maximum absolute atomic E-state index is 13.7. The number of benzene rings is 1. The third-order valence-corrected chi connectivity index (χ3v) is 5.97. The second-order valence-electron chi connectivity index (χ2n) is 8.75. The Labute approximate surface area is 168 Å². The summed E-state index contributed by atoms with van der Waals surface area (Å²) in [5.41, 5.74) is 0.158. The van der Waals surface area contributed by atoms with Crippen LogP contribution >= 0.6 is 0 Å². The molecule has 0 spiro atoms. The Morgan fingerprint density at radius 3 is 2.59 bits per heavy atom. The fraction of sp³-hybridized carbons (Fsp3) is 0.571. The molecule has 29 heavy (non-hydrogen) atoms. The third-order valence-electron chi connectivity index (χ3n) is 5.97. The highest BCUT2D eigenvalue weighted by molar-refractivity contribution is 5.96. The summed E-state index contributed by atoms with van der Waals surface area (Å²) in [4.78, 5) is 16.6. The number of hydrogen-bond acceptors (Lipinski definition) is 4. The highest BCUT2D eigenvalue weighted by atomic mass is 19.3. The molecule has 1 N–H and O–H groups in total. The van der Waals surface area contributed by atoms with Gasteiger partial charge in [-0.05, 0) is 45.2 Å². The van der Waals surface area contributed by atoms with E-state index in [1.54, 1.807) is 47.8 Å². The van der Waals surface area contributed by atoms with Crippen molar-refractivity contribution < 1.29 is 18.7 Å². The predicted octanol–water partition coefficient (Wildman–Crippen LogP) is 3.49. The Morgan fingerprint density at radius 2 is 1.97 bits per heavy atom. The van der Waals surface area contributed by atoms with Crippen molar-refractivity contribution in [2.45, 2.75) is 69.6 Å². The molecule has 0 unspecified atom stereocenters. The largest absolute Gasteiger partial charge is 0.384 e. The lowest BCUT2D eigenvalue weighted by atomic mass is 9.96. The predicted molar refractivity (Wildman–Crippen MR) is 103 cm³/mol. The van der Waals surface area contributed by atoms with Crippen molar-refractivity contribution >= 4 is 5.91 Å². The topological polar surface area (TPSA) is 71.2 Å². The minimum Gasteiger partial charge on any atom is -0.384 e. The molecule has 8 heteroatoms. The highest BCUT2D eigenvalue weighted by Crippen LogP contribution is 2.56. The van der Waals surface area contributed by atoms with Crippen LogP contribution in [-0.4, -0.2) is 49.4 Å². The van der Waals surface area contributed by atoms with Crippen LogP contribution in [0.5, 0.6) is 0 Å². The zero-order valence-corrected chi connectivity index (χ0v) is 16.8. The summed E-state index contributed by atoms with van der Waals surface area (Å²) in [6.45, 7) is 5.66. The number of aromatic nitrogens is 3. The number of alkyl halides is 2. The Hall–Kier alpha value is -2.35. The van der Waals surface area contributed by atoms with Crippen molar-refractivity contribution in [3.63, 3.8) is 0 Å². The lowest BCUT2D eigenvalue weighted by Crippen LogP contribution is -2.46. The van der Waals surface area contributed by atoms with Crippen LogP contribution in [0.3, 0.4) is 0 Å². The Bertz CT molecular complexity index is 921. The van der Waals surface area contributed by atoms with Gasteiger partial charge in [0.25, 0.3) is 11.8 Å². The standard InChI is InChI=1S/C21H26F2N4O2/c1-13-8-9-14(27-24-11-18(25-27)20(2,3)29)12-26(13)19(28)16-7-5-4-6-15(16)17-10-21(17,22)23/h4-7,11,13-14,17,29H,8-10,12H2,1-3H3/t13-,14-,17+/m1/s1. The van der Waals surface area contributed by atoms with Crippen LogP contribution in [0.25, 0.3) is 0 Å². The van der Waals surface area contributed by atoms with Gasteiger partial charge >= 0.3 is 0 Å². The fourth-order valence-electron chi connectivity index (χ4n) is 3.99. The minimum atomic E-state index is -2.72. The smallest absolute Gasteiger partial charge is 0.255 e. The Balaban J connectivity index is 1.57. The van der Waals surface area contributed by atoms with Gasteiger partial charge in [0.2, 0.25) is 0 Å². The van der Waals surface area contributed by atoms with Crippen LogP contribution in [-0.2, 0) is 5.60 Å². The molecule has 0 radical (unpaired) electrons. The van der Waals surface area contributed by atoms with Crippen LogP contribution < -0.4 is 0 Å². The van der Waals surface area contributed by atoms with Crippen molar-refractivity contribution in [2.24, 2.45) is 0 Å². The lowest BCUT2D eigenvalue weighted by Gasteiger charge is -2.38. The maximum Gasteiger partial charge on any atom is 0.255 e. The number of rotatable bonds is 4. The van der Waals surface area contributed by atoms with Crippen molar-refractivity contribution in [1.29, 1.82) is 0 Å². The molecule has 1 aromatic heterocycles. The van der Waals surface area contributed by atoms with Crippen LogP contribution in [0.2, 0.25) is 0 Å². The van der Waals surface area contributed by atoms with E-state index in [4.69, 9.17) is 0 Å². The highest BCUT2D eigenvalue weighted by Gasteiger charge is 2.58. The number of halogens is 2. The molecule has 1 saturated carbocycles. The van der Waals surface area contributed by atoms with Crippen molar-refractivity contribution in [1.82, 2.24) is 19.9 Å². The van der Waals surface area contributed by atoms with E-state index < -0.39 is 17.4 Å². The summed E-state index contributed by atoms with van der Waals surface area (Å²) in [7, 11) is 0. The van der Waals surface area contributed by atoms with Gasteiger partial charge in [0, 0.05) is 24.6 Å². The van der Waals surface area contributed by atoms with Gasteiger partial charge in [0.15, 0.2) is 0 Å². The van der Waals surface area contributed by atoms with E-state index in [2.05, 4.69) is 10.2 Å². The number of hydrogen-bond donors (Lipinski definition) is 1. The molecule has 2 heterocycles. The summed E-state index contributed by atoms with van der Waals surface area (Å²) >= 11 is 0. The van der Waals surface area contributed by atoms with Crippen LogP contribution in [0, 0.1) is 0 Å². The van der Waals surface area contributed by atoms with Crippen molar-refractivity contribution in [3.05, 3.63) is 47.3 Å². The molecule has 2 aliphatic rings. The number of nitrogens with zero attached hydrogens (tertiary/aromatic N) is 4. The van der Waals surface area contributed by atoms with E-state index in [0.29, 0.717) is 23.4 Å². The summed E-state index contributed by atoms with van der Waals surface area (Å²) in [5.74, 6) is -3.82. The molecule has 3 atom stereocenters. The van der Waals surface area contributed by atoms with Crippen molar-refractivity contribution in [3.8, 4) is 0 Å². The second kappa shape index (κ2) is 6.86. The number of amides is 1. The Morgan fingerprint density at radius 1 is 1.28 bits per heavy atom. The van der Waals surface area contributed by atoms with E-state index >= 15 is 0 Å². The van der Waals surface area contributed by atoms with E-state index in [0.717, 1.165) is 12.8 Å². The van der Waals surface area contributed by atoms with E-state index in [1.165, 1.54) is 6.20 Å². The summed E-state index contributed by atoms with van der Waals surface area (Å²) in [6, 6.07) is 6.57. The first kappa shape index (κ1) is 19.9. The lowest BCUT2D eigenvalue weighted by molar-refractivity contribution is 0.0531. The molecular weight excluding hydrogens is 378 g/mol. The number of carbonyl (C=O) groups is 1. The van der Waals surface area contributed by atoms with Crippen LogP contribution in [0.1, 0.15) is 73.6 Å². The first-order valence-corrected chi connectivity index (χ1v) is 10.0. The van der Waals surface area contributed by atoms with E-state index in [1.807, 2.05) is 6.92 Å². The average Bonchev–Trinajstić information content (AvgIpc) is 3.06. The second-order valence-corrected chi connectivity index (χ2v) is 8.75. The average molecular weight is 404 g/mol. The minimum absolute atomic E-state index is 0.00386. The van der Waals surface area contributed by atoms with Crippen molar-refractivity contribution in [2.75, 3.05) is 6.54 Å². The maximum atomic E-state index is 13.7. The fourth-order valence-corrected chi connectivity index (χ4v) is 3.99. The van der Waals surface area contributed by atoms with Gasteiger partial charge in [-0.3, -0.25) is 4.79 Å². The quantitative estimate of drug-likeness (QED) is 0.847. The zero-order chi connectivity index (χ0) is 21.0. The third kappa shape index (κ3) is 3.77. The molecular formula is C21H26F2N4O2. The van der Waals surface area contributed by atoms with Gasteiger partial charge in [0.05, 0.1) is 18.2 Å². The van der Waals surface area contributed by atoms with E-state index in [9.17, 15) is 18.7 Å². The zero-order valence-electron chi connectivity index (χ0n) is 16.8. The SMILES string of the molecule is C[C@@H]1CC[C@@H](n2ncc(C(C)(C)O)n2)CN1C(=O)c1ccccc1[C@@H]1CC1(F)F. The summed E-state index contributed by atoms with van der Waals surface area (Å²) in [6.07, 6.45) is 2.89. The molecule has 1 saturated heterocycles. The van der Waals surface area contributed by atoms with Gasteiger partial charge in [-0.25, -0.2) is 8.78 Å². The molecule has 6 nitrogen and oxygen atoms in total. The number of piperidine rings is 1. The molecule has 2 aromatic rings. The van der Waals surface area contributed by atoms with Gasteiger partial charge in [-0.2, -0.15) is 15.0 Å². The monoisotopic (exact) mass is 404 g/mol.